The van der Waals surface area contributed by atoms with Crippen molar-refractivity contribution in [2.24, 2.45) is 5.10 Å². The second kappa shape index (κ2) is 2.72. The quantitative estimate of drug-likeness (QED) is 0.619. The van der Waals surface area contributed by atoms with Crippen molar-refractivity contribution >= 4 is 5.84 Å². The summed E-state index contributed by atoms with van der Waals surface area (Å²) in [7, 11) is 0. The van der Waals surface area contributed by atoms with Crippen molar-refractivity contribution in [2.75, 3.05) is 6.67 Å². The van der Waals surface area contributed by atoms with E-state index in [1.54, 1.807) is 0 Å². The Morgan fingerprint density at radius 3 is 2.55 bits per heavy atom. The summed E-state index contributed by atoms with van der Waals surface area (Å²) in [6, 6.07) is 0. The lowest BCUT2D eigenvalue weighted by molar-refractivity contribution is 0.240. The minimum Gasteiger partial charge on any atom is -0.335 e. The molecule has 0 aliphatic carbocycles. The van der Waals surface area contributed by atoms with Crippen molar-refractivity contribution in [3.8, 4) is 0 Å². The Labute approximate surface area is 68.5 Å². The Morgan fingerprint density at radius 1 is 1.55 bits per heavy atom. The first-order chi connectivity index (χ1) is 5.05. The predicted molar refractivity (Wildman–Crippen MR) is 47.3 cm³/mol. The molecule has 0 bridgehead atoms. The monoisotopic (exact) mass is 155 g/mol. The highest BCUT2D eigenvalue weighted by Crippen LogP contribution is 2.16. The van der Waals surface area contributed by atoms with Crippen LogP contribution in [-0.4, -0.2) is 22.9 Å². The first-order valence-electron chi connectivity index (χ1n) is 4.12. The molecular weight excluding hydrogens is 138 g/mol. The molecule has 0 spiro atoms. The van der Waals surface area contributed by atoms with Gasteiger partial charge in [0.2, 0.25) is 0 Å². The van der Waals surface area contributed by atoms with E-state index in [1.165, 1.54) is 0 Å². The molecule has 0 unspecified atom stereocenters. The van der Waals surface area contributed by atoms with Gasteiger partial charge in [-0.25, -0.2) is 0 Å². The normalized spacial score (nSPS) is 18.2. The number of rotatable bonds is 1. The standard InChI is InChI=1S/C8H17N3/c1-5-7-10-9-6-11(7)8(2,3)4/h9H,5-6H2,1-4H3. The van der Waals surface area contributed by atoms with Gasteiger partial charge < -0.3 is 4.90 Å². The van der Waals surface area contributed by atoms with E-state index in [4.69, 9.17) is 0 Å². The highest BCUT2D eigenvalue weighted by atomic mass is 15.5. The van der Waals surface area contributed by atoms with Gasteiger partial charge in [0.1, 0.15) is 12.5 Å². The minimum atomic E-state index is 0.193. The van der Waals surface area contributed by atoms with Gasteiger partial charge in [-0.15, -0.1) is 0 Å². The van der Waals surface area contributed by atoms with E-state index >= 15 is 0 Å². The molecule has 3 nitrogen and oxygen atoms in total. The molecule has 0 aromatic rings. The summed E-state index contributed by atoms with van der Waals surface area (Å²) in [6.07, 6.45) is 1.00. The van der Waals surface area contributed by atoms with E-state index in [0.29, 0.717) is 0 Å². The Morgan fingerprint density at radius 2 is 2.18 bits per heavy atom. The summed E-state index contributed by atoms with van der Waals surface area (Å²) in [6.45, 7) is 9.58. The fourth-order valence-corrected chi connectivity index (χ4v) is 1.24. The van der Waals surface area contributed by atoms with Gasteiger partial charge in [-0.05, 0) is 20.8 Å². The van der Waals surface area contributed by atoms with E-state index in [0.717, 1.165) is 18.9 Å². The van der Waals surface area contributed by atoms with Crippen molar-refractivity contribution in [3.63, 3.8) is 0 Å². The molecule has 0 aromatic carbocycles. The fraction of sp³-hybridized carbons (Fsp3) is 0.875. The molecule has 3 heteroatoms. The highest BCUT2D eigenvalue weighted by Gasteiger charge is 2.26. The first-order valence-corrected chi connectivity index (χ1v) is 4.12. The largest absolute Gasteiger partial charge is 0.335 e. The second-order valence-electron chi connectivity index (χ2n) is 3.80. The van der Waals surface area contributed by atoms with Gasteiger partial charge in [0, 0.05) is 12.0 Å². The summed E-state index contributed by atoms with van der Waals surface area (Å²) < 4.78 is 0. The summed E-state index contributed by atoms with van der Waals surface area (Å²) in [5, 5.41) is 4.19. The number of hydrazone groups is 1. The van der Waals surface area contributed by atoms with Crippen molar-refractivity contribution in [2.45, 2.75) is 39.7 Å². The number of nitrogens with zero attached hydrogens (tertiary/aromatic N) is 2. The maximum atomic E-state index is 4.19. The average Bonchev–Trinajstić information content (AvgIpc) is 2.31. The van der Waals surface area contributed by atoms with Crippen LogP contribution in [0.5, 0.6) is 0 Å². The Bertz CT molecular complexity index is 167. The Hall–Kier alpha value is -0.730. The number of amidine groups is 1. The molecule has 0 aromatic heterocycles. The van der Waals surface area contributed by atoms with Crippen LogP contribution in [-0.2, 0) is 0 Å². The molecule has 1 N–H and O–H groups in total. The van der Waals surface area contributed by atoms with E-state index in [2.05, 4.69) is 43.1 Å². The molecule has 11 heavy (non-hydrogen) atoms. The van der Waals surface area contributed by atoms with Crippen molar-refractivity contribution in [1.82, 2.24) is 10.3 Å². The van der Waals surface area contributed by atoms with Gasteiger partial charge >= 0.3 is 0 Å². The smallest absolute Gasteiger partial charge is 0.126 e. The van der Waals surface area contributed by atoms with Crippen molar-refractivity contribution in [1.29, 1.82) is 0 Å². The maximum Gasteiger partial charge on any atom is 0.126 e. The summed E-state index contributed by atoms with van der Waals surface area (Å²) in [4.78, 5) is 2.28. The third kappa shape index (κ3) is 1.64. The number of hydrogen-bond acceptors (Lipinski definition) is 3. The van der Waals surface area contributed by atoms with Gasteiger partial charge in [-0.3, -0.25) is 5.43 Å². The van der Waals surface area contributed by atoms with Crippen molar-refractivity contribution in [3.05, 3.63) is 0 Å². The molecule has 1 aliphatic rings. The van der Waals surface area contributed by atoms with Gasteiger partial charge in [-0.2, -0.15) is 5.10 Å². The van der Waals surface area contributed by atoms with Gasteiger partial charge in [0.05, 0.1) is 0 Å². The Balaban J connectivity index is 2.68. The third-order valence-corrected chi connectivity index (χ3v) is 1.87. The van der Waals surface area contributed by atoms with Crippen LogP contribution in [0.1, 0.15) is 34.1 Å². The van der Waals surface area contributed by atoms with Crippen LogP contribution in [0.2, 0.25) is 0 Å². The van der Waals surface area contributed by atoms with Crippen LogP contribution < -0.4 is 5.43 Å². The molecule has 0 saturated heterocycles. The van der Waals surface area contributed by atoms with Crippen LogP contribution in [0.25, 0.3) is 0 Å². The van der Waals surface area contributed by atoms with Crippen LogP contribution >= 0.6 is 0 Å². The van der Waals surface area contributed by atoms with Crippen LogP contribution in [0.3, 0.4) is 0 Å². The molecule has 1 rings (SSSR count). The van der Waals surface area contributed by atoms with E-state index in [-0.39, 0.29) is 5.54 Å². The second-order valence-corrected chi connectivity index (χ2v) is 3.80. The van der Waals surface area contributed by atoms with Crippen LogP contribution in [0.15, 0.2) is 5.10 Å². The number of hydrogen-bond donors (Lipinski definition) is 1. The summed E-state index contributed by atoms with van der Waals surface area (Å²) >= 11 is 0. The van der Waals surface area contributed by atoms with Crippen molar-refractivity contribution < 1.29 is 0 Å². The van der Waals surface area contributed by atoms with E-state index in [1.807, 2.05) is 0 Å². The molecular formula is C8H17N3. The lowest BCUT2D eigenvalue weighted by atomic mass is 10.1. The molecule has 0 amide bonds. The number of nitrogens with one attached hydrogen (secondary N) is 1. The zero-order chi connectivity index (χ0) is 8.48. The molecule has 0 fully saturated rings. The SMILES string of the molecule is CCC1=NNCN1C(C)(C)C. The minimum absolute atomic E-state index is 0.193. The zero-order valence-corrected chi connectivity index (χ0v) is 7.81. The van der Waals surface area contributed by atoms with E-state index < -0.39 is 0 Å². The average molecular weight is 155 g/mol. The molecule has 0 atom stereocenters. The Kier molecular flexibility index (Phi) is 2.07. The topological polar surface area (TPSA) is 27.6 Å². The fourth-order valence-electron chi connectivity index (χ4n) is 1.24. The lowest BCUT2D eigenvalue weighted by Crippen LogP contribution is -2.44. The molecule has 0 radical (unpaired) electrons. The van der Waals surface area contributed by atoms with Gasteiger partial charge in [0.15, 0.2) is 0 Å². The van der Waals surface area contributed by atoms with Gasteiger partial charge in [0.25, 0.3) is 0 Å². The van der Waals surface area contributed by atoms with E-state index in [9.17, 15) is 0 Å². The molecule has 0 saturated carbocycles. The summed E-state index contributed by atoms with van der Waals surface area (Å²) in [5.41, 5.74) is 3.19. The lowest BCUT2D eigenvalue weighted by Gasteiger charge is -2.33. The van der Waals surface area contributed by atoms with Gasteiger partial charge in [-0.1, -0.05) is 6.92 Å². The maximum absolute atomic E-state index is 4.19. The predicted octanol–water partition coefficient (Wildman–Crippen LogP) is 1.37. The van der Waals surface area contributed by atoms with Crippen LogP contribution in [0, 0.1) is 0 Å². The third-order valence-electron chi connectivity index (χ3n) is 1.87. The molecule has 64 valence electrons. The highest BCUT2D eigenvalue weighted by molar-refractivity contribution is 5.83. The molecule has 1 aliphatic heterocycles. The molecule has 1 heterocycles. The zero-order valence-electron chi connectivity index (χ0n) is 7.81. The summed E-state index contributed by atoms with van der Waals surface area (Å²) in [5.74, 6) is 1.16. The van der Waals surface area contributed by atoms with Crippen LogP contribution in [0.4, 0.5) is 0 Å². The first kappa shape index (κ1) is 8.37.